The third-order valence-corrected chi connectivity index (χ3v) is 5.21. The van der Waals surface area contributed by atoms with Gasteiger partial charge in [-0.1, -0.05) is 17.7 Å². The Hall–Kier alpha value is -0.750. The number of likely N-dealkylation sites (tertiary alicyclic amines) is 2. The van der Waals surface area contributed by atoms with Gasteiger partial charge in [0, 0.05) is 25.2 Å². The number of piperidine rings is 1. The van der Waals surface area contributed by atoms with Gasteiger partial charge in [0.25, 0.3) is 0 Å². The first-order valence-corrected chi connectivity index (χ1v) is 8.64. The van der Waals surface area contributed by atoms with Crippen molar-refractivity contribution < 1.29 is 13.9 Å². The first kappa shape index (κ1) is 17.1. The monoisotopic (exact) mass is 344 g/mol. The van der Waals surface area contributed by atoms with E-state index < -0.39 is 22.3 Å². The van der Waals surface area contributed by atoms with Crippen molar-refractivity contribution in [1.82, 2.24) is 9.80 Å². The summed E-state index contributed by atoms with van der Waals surface area (Å²) in [6, 6.07) is 2.63. The third kappa shape index (κ3) is 4.02. The summed E-state index contributed by atoms with van der Waals surface area (Å²) in [6.45, 7) is 4.42. The van der Waals surface area contributed by atoms with Gasteiger partial charge in [-0.2, -0.15) is 0 Å². The zero-order valence-electron chi connectivity index (χ0n) is 13.2. The van der Waals surface area contributed by atoms with E-state index in [-0.39, 0.29) is 0 Å². The fourth-order valence-electron chi connectivity index (χ4n) is 3.76. The molecule has 0 saturated carbocycles. The molecule has 2 aliphatic rings. The molecule has 1 aromatic carbocycles. The molecule has 0 radical (unpaired) electrons. The molecule has 128 valence electrons. The van der Waals surface area contributed by atoms with Crippen LogP contribution in [0.25, 0.3) is 0 Å². The Morgan fingerprint density at radius 2 is 1.78 bits per heavy atom. The molecule has 0 aromatic heterocycles. The molecule has 1 aromatic rings. The maximum Gasteiger partial charge on any atom is 0.149 e. The number of nitrogens with zero attached hydrogens (tertiary/aromatic N) is 2. The maximum atomic E-state index is 14.1. The van der Waals surface area contributed by atoms with Crippen molar-refractivity contribution in [3.8, 4) is 0 Å². The van der Waals surface area contributed by atoms with Gasteiger partial charge in [-0.25, -0.2) is 8.78 Å². The molecule has 2 saturated heterocycles. The van der Waals surface area contributed by atoms with E-state index in [1.807, 2.05) is 4.90 Å². The molecule has 1 unspecified atom stereocenters. The minimum absolute atomic E-state index is 0.341. The van der Waals surface area contributed by atoms with E-state index in [0.717, 1.165) is 32.5 Å². The second-order valence-corrected chi connectivity index (χ2v) is 7.23. The quantitative estimate of drug-likeness (QED) is 0.850. The van der Waals surface area contributed by atoms with Gasteiger partial charge >= 0.3 is 0 Å². The minimum Gasteiger partial charge on any atom is -0.387 e. The zero-order valence-corrected chi connectivity index (χ0v) is 14.0. The fourth-order valence-corrected chi connectivity index (χ4v) is 3.94. The molecule has 0 amide bonds. The van der Waals surface area contributed by atoms with Crippen molar-refractivity contribution in [3.63, 3.8) is 0 Å². The third-order valence-electron chi connectivity index (χ3n) is 4.86. The summed E-state index contributed by atoms with van der Waals surface area (Å²) in [4.78, 5) is 4.34. The summed E-state index contributed by atoms with van der Waals surface area (Å²) >= 11 is 5.65. The van der Waals surface area contributed by atoms with Crippen molar-refractivity contribution in [2.24, 2.45) is 0 Å². The van der Waals surface area contributed by atoms with Crippen LogP contribution in [0, 0.1) is 11.6 Å². The molecule has 0 aliphatic carbocycles. The summed E-state index contributed by atoms with van der Waals surface area (Å²) in [5.74, 6) is -1.43. The highest BCUT2D eigenvalue weighted by Gasteiger charge is 2.35. The molecule has 2 fully saturated rings. The highest BCUT2D eigenvalue weighted by Crippen LogP contribution is 2.27. The van der Waals surface area contributed by atoms with Crippen LogP contribution in [-0.4, -0.2) is 53.2 Å². The lowest BCUT2D eigenvalue weighted by atomic mass is 9.92. The average Bonchev–Trinajstić information content (AvgIpc) is 3.00. The predicted molar refractivity (Wildman–Crippen MR) is 86.5 cm³/mol. The summed E-state index contributed by atoms with van der Waals surface area (Å²) in [5, 5.41) is 10.4. The van der Waals surface area contributed by atoms with Crippen LogP contribution in [0.5, 0.6) is 0 Å². The van der Waals surface area contributed by atoms with Gasteiger partial charge < -0.3 is 10.0 Å². The van der Waals surface area contributed by atoms with Gasteiger partial charge in [0.2, 0.25) is 0 Å². The number of benzene rings is 1. The lowest BCUT2D eigenvalue weighted by Gasteiger charge is -2.41. The summed E-state index contributed by atoms with van der Waals surface area (Å²) in [7, 11) is 0. The molecule has 0 spiro atoms. The molecule has 6 heteroatoms. The molecule has 23 heavy (non-hydrogen) atoms. The molecule has 2 aliphatic heterocycles. The van der Waals surface area contributed by atoms with Crippen molar-refractivity contribution in [3.05, 3.63) is 34.4 Å². The normalized spacial score (nSPS) is 26.8. The van der Waals surface area contributed by atoms with Crippen LogP contribution in [0.4, 0.5) is 8.78 Å². The highest BCUT2D eigenvalue weighted by atomic mass is 35.5. The van der Waals surface area contributed by atoms with Crippen LogP contribution in [0.1, 0.15) is 31.2 Å². The van der Waals surface area contributed by atoms with Crippen molar-refractivity contribution in [2.75, 3.05) is 32.7 Å². The molecule has 0 bridgehead atoms. The number of halogens is 3. The molecule has 1 N–H and O–H groups in total. The van der Waals surface area contributed by atoms with E-state index >= 15 is 0 Å². The van der Waals surface area contributed by atoms with E-state index in [2.05, 4.69) is 4.90 Å². The average molecular weight is 345 g/mol. The van der Waals surface area contributed by atoms with Gasteiger partial charge in [0.05, 0.1) is 5.60 Å². The summed E-state index contributed by atoms with van der Waals surface area (Å²) in [6.07, 6.45) is 4.03. The molecule has 3 nitrogen and oxygen atoms in total. The smallest absolute Gasteiger partial charge is 0.149 e. The van der Waals surface area contributed by atoms with Crippen LogP contribution in [0.2, 0.25) is 5.02 Å². The predicted octanol–water partition coefficient (Wildman–Crippen LogP) is 3.04. The lowest BCUT2D eigenvalue weighted by Crippen LogP contribution is -2.53. The maximum absolute atomic E-state index is 14.1. The zero-order chi connectivity index (χ0) is 16.4. The van der Waals surface area contributed by atoms with Crippen LogP contribution in [0.3, 0.4) is 0 Å². The van der Waals surface area contributed by atoms with E-state index in [9.17, 15) is 13.9 Å². The number of aliphatic hydroxyl groups is 1. The van der Waals surface area contributed by atoms with Gasteiger partial charge in [0.15, 0.2) is 0 Å². The number of rotatable bonds is 4. The van der Waals surface area contributed by atoms with Gasteiger partial charge in [-0.3, -0.25) is 4.90 Å². The first-order chi connectivity index (χ1) is 11.0. The first-order valence-electron chi connectivity index (χ1n) is 8.26. The van der Waals surface area contributed by atoms with Crippen LogP contribution in [0.15, 0.2) is 12.1 Å². The minimum atomic E-state index is -0.747. The Balaban J connectivity index is 1.65. The Bertz CT molecular complexity index is 566. The van der Waals surface area contributed by atoms with E-state index in [1.54, 1.807) is 0 Å². The van der Waals surface area contributed by atoms with E-state index in [0.29, 0.717) is 25.2 Å². The van der Waals surface area contributed by atoms with Gasteiger partial charge in [-0.05, 0) is 51.4 Å². The lowest BCUT2D eigenvalue weighted by molar-refractivity contribution is -0.0521. The van der Waals surface area contributed by atoms with E-state index in [4.69, 9.17) is 11.6 Å². The summed E-state index contributed by atoms with van der Waals surface area (Å²) < 4.78 is 27.3. The highest BCUT2D eigenvalue weighted by molar-refractivity contribution is 6.30. The fraction of sp³-hybridized carbons (Fsp3) is 0.647. The molecule has 1 atom stereocenters. The standard InChI is InChI=1S/C17H23ClF2N2O/c18-15-14(19)5-4-13(16(15)20)10-22-9-3-6-17(23,12-22)11-21-7-1-2-8-21/h4-5,23H,1-3,6-12H2. The molecule has 2 heterocycles. The van der Waals surface area contributed by atoms with E-state index in [1.165, 1.54) is 25.0 Å². The number of hydrogen-bond acceptors (Lipinski definition) is 3. The number of hydrogen-bond donors (Lipinski definition) is 1. The van der Waals surface area contributed by atoms with Crippen LogP contribution >= 0.6 is 11.6 Å². The van der Waals surface area contributed by atoms with Crippen LogP contribution < -0.4 is 0 Å². The topological polar surface area (TPSA) is 26.7 Å². The second kappa shape index (κ2) is 7.01. The Labute approximate surface area is 140 Å². The van der Waals surface area contributed by atoms with Gasteiger partial charge in [-0.15, -0.1) is 0 Å². The Kier molecular flexibility index (Phi) is 5.21. The Morgan fingerprint density at radius 1 is 1.09 bits per heavy atom. The number of β-amino-alcohol motifs (C(OH)–C–C–N with tert-alkyl or cyclic N) is 1. The molecule has 3 rings (SSSR count). The molecular formula is C17H23ClF2N2O. The molecular weight excluding hydrogens is 322 g/mol. The largest absolute Gasteiger partial charge is 0.387 e. The SMILES string of the molecule is OC1(CN2CCCC2)CCCN(Cc2ccc(F)c(Cl)c2F)C1. The van der Waals surface area contributed by atoms with Gasteiger partial charge in [0.1, 0.15) is 16.7 Å². The van der Waals surface area contributed by atoms with Crippen molar-refractivity contribution >= 4 is 11.6 Å². The van der Waals surface area contributed by atoms with Crippen molar-refractivity contribution in [2.45, 2.75) is 37.8 Å². The Morgan fingerprint density at radius 3 is 2.52 bits per heavy atom. The second-order valence-electron chi connectivity index (χ2n) is 6.86. The van der Waals surface area contributed by atoms with Crippen LogP contribution in [-0.2, 0) is 6.54 Å². The van der Waals surface area contributed by atoms with Crippen molar-refractivity contribution in [1.29, 1.82) is 0 Å². The summed E-state index contributed by atoms with van der Waals surface area (Å²) in [5.41, 5.74) is -0.370.